The second-order valence-electron chi connectivity index (χ2n) is 3.55. The molecule has 0 saturated carbocycles. The number of aromatic nitrogens is 1. The first-order valence-electron chi connectivity index (χ1n) is 4.70. The van der Waals surface area contributed by atoms with Crippen molar-refractivity contribution in [2.75, 3.05) is 0 Å². The van der Waals surface area contributed by atoms with E-state index in [4.69, 9.17) is 0 Å². The standard InChI is InChI=1S/C12H11BrFN/c1-8-3-4-9(2)15(8)10-5-6-11(13)12(14)7-10/h3-7H,1-2H3. The summed E-state index contributed by atoms with van der Waals surface area (Å²) in [7, 11) is 0. The van der Waals surface area contributed by atoms with Crippen LogP contribution < -0.4 is 0 Å². The summed E-state index contributed by atoms with van der Waals surface area (Å²) in [6.07, 6.45) is 0. The van der Waals surface area contributed by atoms with E-state index in [2.05, 4.69) is 15.9 Å². The third-order valence-corrected chi connectivity index (χ3v) is 3.08. The van der Waals surface area contributed by atoms with Crippen LogP contribution in [0.4, 0.5) is 4.39 Å². The lowest BCUT2D eigenvalue weighted by Crippen LogP contribution is -1.99. The van der Waals surface area contributed by atoms with Gasteiger partial charge in [-0.05, 0) is 60.1 Å². The number of aryl methyl sites for hydroxylation is 2. The van der Waals surface area contributed by atoms with Crippen molar-refractivity contribution in [3.63, 3.8) is 0 Å². The van der Waals surface area contributed by atoms with Crippen LogP contribution in [0.15, 0.2) is 34.8 Å². The fourth-order valence-corrected chi connectivity index (χ4v) is 1.95. The van der Waals surface area contributed by atoms with Gasteiger partial charge in [0.25, 0.3) is 0 Å². The molecule has 1 aromatic heterocycles. The average molecular weight is 268 g/mol. The Hall–Kier alpha value is -1.09. The molecular formula is C12H11BrFN. The Morgan fingerprint density at radius 1 is 1.07 bits per heavy atom. The number of rotatable bonds is 1. The van der Waals surface area contributed by atoms with E-state index in [9.17, 15) is 4.39 Å². The van der Waals surface area contributed by atoms with Gasteiger partial charge >= 0.3 is 0 Å². The number of benzene rings is 1. The van der Waals surface area contributed by atoms with Crippen molar-refractivity contribution in [1.82, 2.24) is 4.57 Å². The summed E-state index contributed by atoms with van der Waals surface area (Å²) in [6.45, 7) is 4.01. The molecule has 0 fully saturated rings. The maximum Gasteiger partial charge on any atom is 0.139 e. The molecule has 0 bridgehead atoms. The Morgan fingerprint density at radius 3 is 2.20 bits per heavy atom. The molecule has 0 aliphatic heterocycles. The summed E-state index contributed by atoms with van der Waals surface area (Å²) in [4.78, 5) is 0. The SMILES string of the molecule is Cc1ccc(C)n1-c1ccc(Br)c(F)c1. The zero-order valence-corrected chi connectivity index (χ0v) is 10.2. The van der Waals surface area contributed by atoms with E-state index in [1.54, 1.807) is 6.07 Å². The molecule has 0 unspecified atom stereocenters. The van der Waals surface area contributed by atoms with Gasteiger partial charge in [0.05, 0.1) is 4.47 Å². The first kappa shape index (κ1) is 10.4. The number of hydrogen-bond donors (Lipinski definition) is 0. The first-order chi connectivity index (χ1) is 7.09. The van der Waals surface area contributed by atoms with Gasteiger partial charge < -0.3 is 4.57 Å². The van der Waals surface area contributed by atoms with Crippen molar-refractivity contribution in [3.8, 4) is 5.69 Å². The third-order valence-electron chi connectivity index (χ3n) is 2.43. The summed E-state index contributed by atoms with van der Waals surface area (Å²) in [5.74, 6) is -0.236. The molecule has 3 heteroatoms. The number of hydrogen-bond acceptors (Lipinski definition) is 0. The highest BCUT2D eigenvalue weighted by molar-refractivity contribution is 9.10. The molecule has 0 spiro atoms. The van der Waals surface area contributed by atoms with E-state index >= 15 is 0 Å². The number of halogens is 2. The third kappa shape index (κ3) is 1.84. The lowest BCUT2D eigenvalue weighted by molar-refractivity contribution is 0.619. The van der Waals surface area contributed by atoms with Crippen molar-refractivity contribution in [3.05, 3.63) is 52.0 Å². The topological polar surface area (TPSA) is 4.93 Å². The van der Waals surface area contributed by atoms with Crippen molar-refractivity contribution in [1.29, 1.82) is 0 Å². The van der Waals surface area contributed by atoms with Gasteiger partial charge in [0.2, 0.25) is 0 Å². The molecule has 78 valence electrons. The molecule has 0 aliphatic rings. The zero-order chi connectivity index (χ0) is 11.0. The summed E-state index contributed by atoms with van der Waals surface area (Å²) in [6, 6.07) is 9.20. The minimum atomic E-state index is -0.236. The molecule has 0 aliphatic carbocycles. The van der Waals surface area contributed by atoms with Gasteiger partial charge in [-0.3, -0.25) is 0 Å². The average Bonchev–Trinajstić information content (AvgIpc) is 2.52. The Morgan fingerprint density at radius 2 is 1.67 bits per heavy atom. The molecule has 0 N–H and O–H groups in total. The van der Waals surface area contributed by atoms with Gasteiger partial charge in [0.1, 0.15) is 5.82 Å². The van der Waals surface area contributed by atoms with Gasteiger partial charge in [0, 0.05) is 17.1 Å². The van der Waals surface area contributed by atoms with Crippen LogP contribution in [0.3, 0.4) is 0 Å². The molecule has 15 heavy (non-hydrogen) atoms. The highest BCUT2D eigenvalue weighted by Gasteiger charge is 2.06. The maximum atomic E-state index is 13.4. The highest BCUT2D eigenvalue weighted by atomic mass is 79.9. The Balaban J connectivity index is 2.59. The molecule has 0 atom stereocenters. The molecule has 0 radical (unpaired) electrons. The monoisotopic (exact) mass is 267 g/mol. The minimum Gasteiger partial charge on any atom is -0.318 e. The van der Waals surface area contributed by atoms with Gasteiger partial charge in [0.15, 0.2) is 0 Å². The quantitative estimate of drug-likeness (QED) is 0.736. The predicted molar refractivity (Wildman–Crippen MR) is 62.9 cm³/mol. The molecule has 1 heterocycles. The first-order valence-corrected chi connectivity index (χ1v) is 5.49. The van der Waals surface area contributed by atoms with Crippen LogP contribution in [-0.4, -0.2) is 4.57 Å². The van der Waals surface area contributed by atoms with Crippen LogP contribution in [0.1, 0.15) is 11.4 Å². The second kappa shape index (κ2) is 3.81. The van der Waals surface area contributed by atoms with Crippen molar-refractivity contribution in [2.45, 2.75) is 13.8 Å². The molecule has 2 aromatic rings. The van der Waals surface area contributed by atoms with Crippen molar-refractivity contribution >= 4 is 15.9 Å². The predicted octanol–water partition coefficient (Wildman–Crippen LogP) is 4.00. The summed E-state index contributed by atoms with van der Waals surface area (Å²) in [5, 5.41) is 0. The Bertz CT molecular complexity index is 483. The number of nitrogens with zero attached hydrogens (tertiary/aromatic N) is 1. The Kier molecular flexibility index (Phi) is 2.65. The molecule has 2 rings (SSSR count). The molecule has 1 aromatic carbocycles. The van der Waals surface area contributed by atoms with Crippen LogP contribution in [0, 0.1) is 19.7 Å². The summed E-state index contributed by atoms with van der Waals surface area (Å²) < 4.78 is 15.9. The molecule has 0 amide bonds. The fraction of sp³-hybridized carbons (Fsp3) is 0.167. The van der Waals surface area contributed by atoms with E-state index in [1.807, 2.05) is 36.6 Å². The minimum absolute atomic E-state index is 0.236. The van der Waals surface area contributed by atoms with Gasteiger partial charge in [-0.1, -0.05) is 0 Å². The molecule has 1 nitrogen and oxygen atoms in total. The lowest BCUT2D eigenvalue weighted by atomic mass is 10.3. The lowest BCUT2D eigenvalue weighted by Gasteiger charge is -2.09. The Labute approximate surface area is 96.7 Å². The van der Waals surface area contributed by atoms with Crippen molar-refractivity contribution in [2.24, 2.45) is 0 Å². The van der Waals surface area contributed by atoms with E-state index in [-0.39, 0.29) is 5.82 Å². The van der Waals surface area contributed by atoms with Gasteiger partial charge in [-0.25, -0.2) is 4.39 Å². The van der Waals surface area contributed by atoms with E-state index in [0.717, 1.165) is 17.1 Å². The van der Waals surface area contributed by atoms with Gasteiger partial charge in [-0.15, -0.1) is 0 Å². The zero-order valence-electron chi connectivity index (χ0n) is 8.59. The smallest absolute Gasteiger partial charge is 0.139 e. The normalized spacial score (nSPS) is 10.7. The van der Waals surface area contributed by atoms with Crippen LogP contribution in [0.25, 0.3) is 5.69 Å². The van der Waals surface area contributed by atoms with Crippen LogP contribution in [-0.2, 0) is 0 Å². The van der Waals surface area contributed by atoms with Crippen LogP contribution in [0.2, 0.25) is 0 Å². The van der Waals surface area contributed by atoms with E-state index in [1.165, 1.54) is 6.07 Å². The summed E-state index contributed by atoms with van der Waals surface area (Å²) >= 11 is 3.15. The van der Waals surface area contributed by atoms with Crippen LogP contribution in [0.5, 0.6) is 0 Å². The second-order valence-corrected chi connectivity index (χ2v) is 4.40. The molecule has 0 saturated heterocycles. The van der Waals surface area contributed by atoms with Gasteiger partial charge in [-0.2, -0.15) is 0 Å². The van der Waals surface area contributed by atoms with E-state index < -0.39 is 0 Å². The highest BCUT2D eigenvalue weighted by Crippen LogP contribution is 2.21. The van der Waals surface area contributed by atoms with E-state index in [0.29, 0.717) is 4.47 Å². The summed E-state index contributed by atoms with van der Waals surface area (Å²) in [5.41, 5.74) is 3.07. The molecular weight excluding hydrogens is 257 g/mol. The van der Waals surface area contributed by atoms with Crippen LogP contribution >= 0.6 is 15.9 Å². The largest absolute Gasteiger partial charge is 0.318 e. The fourth-order valence-electron chi connectivity index (χ4n) is 1.70. The van der Waals surface area contributed by atoms with Crippen molar-refractivity contribution < 1.29 is 4.39 Å². The maximum absolute atomic E-state index is 13.4.